The van der Waals surface area contributed by atoms with Gasteiger partial charge in [-0.05, 0) is 24.6 Å². The lowest BCUT2D eigenvalue weighted by Crippen LogP contribution is -2.32. The maximum atomic E-state index is 12.9. The molecule has 0 aliphatic carbocycles. The fraction of sp³-hybridized carbons (Fsp3) is 0.583. The largest absolute Gasteiger partial charge is 0.307 e. The molecule has 1 N–H and O–H groups in total. The number of amides is 1. The van der Waals surface area contributed by atoms with Gasteiger partial charge in [0.05, 0.1) is 24.1 Å². The highest BCUT2D eigenvalue weighted by Crippen LogP contribution is 2.39. The van der Waals surface area contributed by atoms with Gasteiger partial charge in [0.15, 0.2) is 0 Å². The molecular weight excluding hydrogens is 382 g/mol. The highest BCUT2D eigenvalue weighted by atomic mass is 35.5. The van der Waals surface area contributed by atoms with Crippen molar-refractivity contribution in [1.82, 2.24) is 10.2 Å². The van der Waals surface area contributed by atoms with Crippen LogP contribution in [0.1, 0.15) is 89.5 Å². The third-order valence-corrected chi connectivity index (χ3v) is 6.10. The molecule has 0 saturated heterocycles. The van der Waals surface area contributed by atoms with E-state index >= 15 is 0 Å². The van der Waals surface area contributed by atoms with Crippen molar-refractivity contribution in [3.8, 4) is 11.3 Å². The molecule has 29 heavy (non-hydrogen) atoms. The van der Waals surface area contributed by atoms with E-state index in [1.165, 1.54) is 57.8 Å². The number of fused-ring (bicyclic) bond motifs is 3. The Morgan fingerprint density at radius 2 is 1.69 bits per heavy atom. The van der Waals surface area contributed by atoms with E-state index in [-0.39, 0.29) is 5.91 Å². The van der Waals surface area contributed by atoms with Gasteiger partial charge in [-0.1, -0.05) is 82.7 Å². The van der Waals surface area contributed by atoms with Gasteiger partial charge in [-0.25, -0.2) is 0 Å². The minimum atomic E-state index is 0.191. The van der Waals surface area contributed by atoms with Crippen LogP contribution in [0.3, 0.4) is 0 Å². The molecule has 1 aromatic heterocycles. The van der Waals surface area contributed by atoms with Crippen LogP contribution < -0.4 is 4.90 Å². The molecule has 0 spiro atoms. The average Bonchev–Trinajstić information content (AvgIpc) is 3.20. The SMILES string of the molecule is CCCCCCCCCCCCCC(=O)N1Cc2cn[nH]c2-c2cc(Cl)ccc21. The van der Waals surface area contributed by atoms with Crippen molar-refractivity contribution in [2.24, 2.45) is 0 Å². The Morgan fingerprint density at radius 1 is 1.03 bits per heavy atom. The zero-order valence-corrected chi connectivity index (χ0v) is 18.4. The van der Waals surface area contributed by atoms with Crippen LogP contribution in [0.2, 0.25) is 5.02 Å². The molecule has 0 atom stereocenters. The van der Waals surface area contributed by atoms with Crippen molar-refractivity contribution in [2.45, 2.75) is 90.5 Å². The molecule has 2 aromatic rings. The van der Waals surface area contributed by atoms with Gasteiger partial charge in [0, 0.05) is 22.6 Å². The number of aromatic nitrogens is 2. The van der Waals surface area contributed by atoms with Crippen LogP contribution >= 0.6 is 11.6 Å². The number of benzene rings is 1. The van der Waals surface area contributed by atoms with E-state index < -0.39 is 0 Å². The summed E-state index contributed by atoms with van der Waals surface area (Å²) in [6.07, 6.45) is 16.6. The molecule has 158 valence electrons. The lowest BCUT2D eigenvalue weighted by Gasteiger charge is -2.29. The number of carbonyl (C=O) groups excluding carboxylic acids is 1. The minimum Gasteiger partial charge on any atom is -0.307 e. The summed E-state index contributed by atoms with van der Waals surface area (Å²) in [7, 11) is 0. The van der Waals surface area contributed by atoms with E-state index in [0.717, 1.165) is 35.3 Å². The lowest BCUT2D eigenvalue weighted by molar-refractivity contribution is -0.118. The summed E-state index contributed by atoms with van der Waals surface area (Å²) in [5.74, 6) is 0.191. The summed E-state index contributed by atoms with van der Waals surface area (Å²) >= 11 is 6.19. The van der Waals surface area contributed by atoms with Gasteiger partial charge in [-0.15, -0.1) is 0 Å². The van der Waals surface area contributed by atoms with Gasteiger partial charge in [-0.3, -0.25) is 9.89 Å². The molecule has 3 rings (SSSR count). The third kappa shape index (κ3) is 6.08. The number of hydrogen-bond donors (Lipinski definition) is 1. The molecular formula is C24H34ClN3O. The number of rotatable bonds is 12. The number of H-pyrrole nitrogens is 1. The quantitative estimate of drug-likeness (QED) is 0.370. The Bertz CT molecular complexity index is 786. The van der Waals surface area contributed by atoms with Crippen molar-refractivity contribution < 1.29 is 4.79 Å². The highest BCUT2D eigenvalue weighted by Gasteiger charge is 2.27. The van der Waals surface area contributed by atoms with Gasteiger partial charge in [0.25, 0.3) is 0 Å². The first-order valence-electron chi connectivity index (χ1n) is 11.3. The molecule has 0 unspecified atom stereocenters. The van der Waals surface area contributed by atoms with E-state index in [1.54, 1.807) is 0 Å². The zero-order valence-electron chi connectivity index (χ0n) is 17.7. The van der Waals surface area contributed by atoms with Gasteiger partial charge in [0.2, 0.25) is 5.91 Å². The molecule has 1 aliphatic heterocycles. The minimum absolute atomic E-state index is 0.191. The summed E-state index contributed by atoms with van der Waals surface area (Å²) in [4.78, 5) is 14.8. The fourth-order valence-electron chi connectivity index (χ4n) is 4.16. The number of nitrogens with one attached hydrogen (secondary N) is 1. The van der Waals surface area contributed by atoms with E-state index in [9.17, 15) is 4.79 Å². The second-order valence-electron chi connectivity index (χ2n) is 8.20. The smallest absolute Gasteiger partial charge is 0.227 e. The Balaban J connectivity index is 1.39. The zero-order chi connectivity index (χ0) is 20.5. The van der Waals surface area contributed by atoms with Crippen molar-refractivity contribution >= 4 is 23.2 Å². The van der Waals surface area contributed by atoms with Gasteiger partial charge in [-0.2, -0.15) is 5.10 Å². The van der Waals surface area contributed by atoms with E-state index in [4.69, 9.17) is 11.6 Å². The van der Waals surface area contributed by atoms with Crippen LogP contribution in [0.25, 0.3) is 11.3 Å². The Kier molecular flexibility index (Phi) is 8.60. The molecule has 0 bridgehead atoms. The van der Waals surface area contributed by atoms with Crippen LogP contribution in [0.4, 0.5) is 5.69 Å². The number of unbranched alkanes of at least 4 members (excludes halogenated alkanes) is 10. The predicted molar refractivity (Wildman–Crippen MR) is 121 cm³/mol. The van der Waals surface area contributed by atoms with E-state index in [1.807, 2.05) is 29.3 Å². The first-order chi connectivity index (χ1) is 14.2. The van der Waals surface area contributed by atoms with Crippen LogP contribution in [-0.2, 0) is 11.3 Å². The normalized spacial score (nSPS) is 12.7. The molecule has 0 radical (unpaired) electrons. The number of anilines is 1. The van der Waals surface area contributed by atoms with Crippen LogP contribution in [0.5, 0.6) is 0 Å². The summed E-state index contributed by atoms with van der Waals surface area (Å²) in [6.45, 7) is 2.84. The second-order valence-corrected chi connectivity index (χ2v) is 8.63. The maximum absolute atomic E-state index is 12.9. The topological polar surface area (TPSA) is 49.0 Å². The Morgan fingerprint density at radius 3 is 2.38 bits per heavy atom. The molecule has 1 aliphatic rings. The van der Waals surface area contributed by atoms with Gasteiger partial charge in [0.1, 0.15) is 0 Å². The number of carbonyl (C=O) groups is 1. The second kappa shape index (κ2) is 11.4. The Hall–Kier alpha value is -1.81. The summed E-state index contributed by atoms with van der Waals surface area (Å²) in [6, 6.07) is 5.71. The molecule has 0 saturated carbocycles. The lowest BCUT2D eigenvalue weighted by atomic mass is 9.99. The van der Waals surface area contributed by atoms with Crippen molar-refractivity contribution in [3.63, 3.8) is 0 Å². The van der Waals surface area contributed by atoms with Gasteiger partial charge >= 0.3 is 0 Å². The monoisotopic (exact) mass is 415 g/mol. The van der Waals surface area contributed by atoms with E-state index in [2.05, 4.69) is 17.1 Å². The van der Waals surface area contributed by atoms with Crippen LogP contribution in [-0.4, -0.2) is 16.1 Å². The Labute approximate surface area is 180 Å². The molecule has 2 heterocycles. The first kappa shape index (κ1) is 21.9. The van der Waals surface area contributed by atoms with E-state index in [0.29, 0.717) is 18.0 Å². The number of aromatic amines is 1. The molecule has 1 amide bonds. The van der Waals surface area contributed by atoms with Crippen molar-refractivity contribution in [1.29, 1.82) is 0 Å². The maximum Gasteiger partial charge on any atom is 0.227 e. The molecule has 1 aromatic carbocycles. The van der Waals surface area contributed by atoms with Gasteiger partial charge < -0.3 is 4.90 Å². The fourth-order valence-corrected chi connectivity index (χ4v) is 4.33. The third-order valence-electron chi connectivity index (χ3n) is 5.86. The summed E-state index contributed by atoms with van der Waals surface area (Å²) in [5.41, 5.74) is 3.91. The number of nitrogens with zero attached hydrogens (tertiary/aromatic N) is 2. The van der Waals surface area contributed by atoms with Crippen LogP contribution in [0.15, 0.2) is 24.4 Å². The molecule has 5 heteroatoms. The summed E-state index contributed by atoms with van der Waals surface area (Å²) in [5, 5.41) is 7.87. The standard InChI is InChI=1S/C24H34ClN3O/c1-2-3-4-5-6-7-8-9-10-11-12-13-23(29)28-18-19-17-26-27-24(19)21-16-20(25)14-15-22(21)28/h14-17H,2-13,18H2,1H3,(H,26,27). The number of halogens is 1. The summed E-state index contributed by atoms with van der Waals surface area (Å²) < 4.78 is 0. The molecule has 4 nitrogen and oxygen atoms in total. The predicted octanol–water partition coefficient (Wildman–Crippen LogP) is 7.28. The highest BCUT2D eigenvalue weighted by molar-refractivity contribution is 6.31. The van der Waals surface area contributed by atoms with Crippen molar-refractivity contribution in [2.75, 3.05) is 4.90 Å². The first-order valence-corrected chi connectivity index (χ1v) is 11.7. The average molecular weight is 416 g/mol. The molecule has 0 fully saturated rings. The van der Waals surface area contributed by atoms with Crippen molar-refractivity contribution in [3.05, 3.63) is 35.0 Å². The number of hydrogen-bond acceptors (Lipinski definition) is 2. The van der Waals surface area contributed by atoms with Crippen LogP contribution in [0, 0.1) is 0 Å².